The summed E-state index contributed by atoms with van der Waals surface area (Å²) >= 11 is 12.5. The quantitative estimate of drug-likeness (QED) is 0.288. The Balaban J connectivity index is 1.61. The molecule has 3 aromatic heterocycles. The van der Waals surface area contributed by atoms with Crippen molar-refractivity contribution < 1.29 is 4.92 Å². The molecule has 0 aliphatic rings. The van der Waals surface area contributed by atoms with Crippen molar-refractivity contribution >= 4 is 34.7 Å². The van der Waals surface area contributed by atoms with Crippen LogP contribution in [0.3, 0.4) is 0 Å². The highest BCUT2D eigenvalue weighted by Gasteiger charge is 2.17. The summed E-state index contributed by atoms with van der Waals surface area (Å²) in [6.07, 6.45) is 6.59. The number of pyridine rings is 1. The number of aromatic nitrogens is 5. The van der Waals surface area contributed by atoms with Crippen molar-refractivity contribution in [1.82, 2.24) is 24.9 Å². The van der Waals surface area contributed by atoms with Crippen molar-refractivity contribution in [1.29, 1.82) is 0 Å². The molecule has 11 heteroatoms. The molecule has 0 fully saturated rings. The molecule has 3 heterocycles. The number of hydrogen-bond acceptors (Lipinski definition) is 7. The third-order valence-corrected chi connectivity index (χ3v) is 5.07. The third kappa shape index (κ3) is 4.84. The fourth-order valence-electron chi connectivity index (χ4n) is 3.05. The minimum atomic E-state index is -0.504. The predicted molar refractivity (Wildman–Crippen MR) is 122 cm³/mol. The fourth-order valence-corrected chi connectivity index (χ4v) is 3.55. The molecule has 0 amide bonds. The normalized spacial score (nSPS) is 11.8. The zero-order chi connectivity index (χ0) is 22.7. The van der Waals surface area contributed by atoms with Crippen LogP contribution in [0.5, 0.6) is 0 Å². The van der Waals surface area contributed by atoms with Gasteiger partial charge >= 0.3 is 0 Å². The third-order valence-electron chi connectivity index (χ3n) is 4.52. The predicted octanol–water partition coefficient (Wildman–Crippen LogP) is 5.00. The number of anilines is 1. The molecule has 0 aliphatic heterocycles. The standard InChI is InChI=1S/C21H16Cl2N7O2/c1-12(28-18-5-3-14(10-26-18)30(31)32)8-19-27-11-16(21-24-6-7-25-21)20(29-19)15-4-2-13(22)9-17(15)23/h2-7,9-12H,1,8H2,(H,24,25)(H,26,28). The minimum absolute atomic E-state index is 0.0857. The molecular weight excluding hydrogens is 453 g/mol. The van der Waals surface area contributed by atoms with Gasteiger partial charge in [-0.3, -0.25) is 10.1 Å². The molecule has 1 atom stereocenters. The van der Waals surface area contributed by atoms with Crippen LogP contribution < -0.4 is 5.32 Å². The van der Waals surface area contributed by atoms with Crippen LogP contribution >= 0.6 is 23.2 Å². The highest BCUT2D eigenvalue weighted by atomic mass is 35.5. The van der Waals surface area contributed by atoms with E-state index in [4.69, 9.17) is 28.2 Å². The molecule has 1 aromatic carbocycles. The summed E-state index contributed by atoms with van der Waals surface area (Å²) in [6, 6.07) is 7.74. The molecule has 4 rings (SSSR count). The van der Waals surface area contributed by atoms with Crippen LogP contribution in [0.4, 0.5) is 11.5 Å². The molecule has 9 nitrogen and oxygen atoms in total. The first-order valence-corrected chi connectivity index (χ1v) is 10.2. The van der Waals surface area contributed by atoms with Crippen LogP contribution in [-0.4, -0.2) is 35.9 Å². The zero-order valence-electron chi connectivity index (χ0n) is 16.5. The van der Waals surface area contributed by atoms with Gasteiger partial charge in [-0.2, -0.15) is 0 Å². The lowest BCUT2D eigenvalue weighted by molar-refractivity contribution is -0.385. The van der Waals surface area contributed by atoms with E-state index in [-0.39, 0.29) is 11.7 Å². The second-order valence-electron chi connectivity index (χ2n) is 6.81. The first-order chi connectivity index (χ1) is 15.4. The summed E-state index contributed by atoms with van der Waals surface area (Å²) in [5.74, 6) is 1.59. The van der Waals surface area contributed by atoms with E-state index >= 15 is 0 Å². The van der Waals surface area contributed by atoms with Gasteiger partial charge in [0.1, 0.15) is 23.7 Å². The molecule has 0 saturated heterocycles. The Morgan fingerprint density at radius 1 is 1.12 bits per heavy atom. The first-order valence-electron chi connectivity index (χ1n) is 9.42. The van der Waals surface area contributed by atoms with Crippen LogP contribution in [0.15, 0.2) is 55.1 Å². The second-order valence-corrected chi connectivity index (χ2v) is 7.66. The molecular formula is C21H16Cl2N7O2. The Hall–Kier alpha value is -3.56. The molecule has 0 spiro atoms. The number of halogens is 2. The largest absolute Gasteiger partial charge is 0.367 e. The van der Waals surface area contributed by atoms with Crippen molar-refractivity contribution in [2.24, 2.45) is 0 Å². The smallest absolute Gasteiger partial charge is 0.287 e. The van der Waals surface area contributed by atoms with Crippen LogP contribution in [0.2, 0.25) is 10.0 Å². The van der Waals surface area contributed by atoms with E-state index in [1.54, 1.807) is 36.8 Å². The Bertz CT molecular complexity index is 1250. The van der Waals surface area contributed by atoms with Gasteiger partial charge < -0.3 is 10.3 Å². The maximum absolute atomic E-state index is 10.8. The van der Waals surface area contributed by atoms with Crippen molar-refractivity contribution in [3.63, 3.8) is 0 Å². The van der Waals surface area contributed by atoms with Gasteiger partial charge in [0.15, 0.2) is 0 Å². The number of rotatable bonds is 7. The van der Waals surface area contributed by atoms with Crippen molar-refractivity contribution in [3.8, 4) is 22.6 Å². The van der Waals surface area contributed by atoms with E-state index in [1.165, 1.54) is 18.3 Å². The molecule has 0 aliphatic carbocycles. The number of nitrogens with one attached hydrogen (secondary N) is 2. The van der Waals surface area contributed by atoms with Crippen molar-refractivity contribution in [2.75, 3.05) is 5.32 Å². The maximum atomic E-state index is 10.8. The number of H-pyrrole nitrogens is 1. The van der Waals surface area contributed by atoms with Gasteiger partial charge in [0.05, 0.1) is 21.2 Å². The lowest BCUT2D eigenvalue weighted by Crippen LogP contribution is -2.20. The number of benzene rings is 1. The van der Waals surface area contributed by atoms with E-state index in [0.717, 1.165) is 0 Å². The van der Waals surface area contributed by atoms with Crippen molar-refractivity contribution in [3.05, 3.63) is 88.0 Å². The SMILES string of the molecule is [CH2]C(Cc1ncc(-c2ncc[nH]2)c(-c2ccc(Cl)cc2Cl)n1)Nc1ccc([N+](=O)[O-])cn1. The zero-order valence-corrected chi connectivity index (χ0v) is 18.0. The molecule has 0 bridgehead atoms. The molecule has 4 aromatic rings. The molecule has 32 heavy (non-hydrogen) atoms. The Morgan fingerprint density at radius 3 is 2.62 bits per heavy atom. The lowest BCUT2D eigenvalue weighted by Gasteiger charge is -2.15. The molecule has 2 N–H and O–H groups in total. The molecule has 1 radical (unpaired) electrons. The van der Waals surface area contributed by atoms with Crippen LogP contribution in [0, 0.1) is 17.0 Å². The fraction of sp³-hybridized carbons (Fsp3) is 0.0952. The van der Waals surface area contributed by atoms with Crippen LogP contribution in [0.25, 0.3) is 22.6 Å². The van der Waals surface area contributed by atoms with E-state index < -0.39 is 4.92 Å². The summed E-state index contributed by atoms with van der Waals surface area (Å²) in [7, 11) is 0. The monoisotopic (exact) mass is 468 g/mol. The number of imidazole rings is 1. The summed E-state index contributed by atoms with van der Waals surface area (Å²) in [5.41, 5.74) is 1.90. The van der Waals surface area contributed by atoms with Gasteiger partial charge in [-0.15, -0.1) is 0 Å². The average molecular weight is 469 g/mol. The topological polar surface area (TPSA) is 123 Å². The number of nitrogens with zero attached hydrogens (tertiary/aromatic N) is 5. The minimum Gasteiger partial charge on any atom is -0.367 e. The van der Waals surface area contributed by atoms with Gasteiger partial charge in [0, 0.05) is 47.7 Å². The van der Waals surface area contributed by atoms with E-state index in [0.29, 0.717) is 50.8 Å². The van der Waals surface area contributed by atoms with E-state index in [1.807, 2.05) is 0 Å². The van der Waals surface area contributed by atoms with E-state index in [9.17, 15) is 10.1 Å². The van der Waals surface area contributed by atoms with Gasteiger partial charge in [-0.1, -0.05) is 23.2 Å². The van der Waals surface area contributed by atoms with Crippen LogP contribution in [-0.2, 0) is 6.42 Å². The second kappa shape index (κ2) is 9.29. The highest BCUT2D eigenvalue weighted by molar-refractivity contribution is 6.36. The summed E-state index contributed by atoms with van der Waals surface area (Å²) in [4.78, 5) is 30.8. The first kappa shape index (κ1) is 21.7. The Kier molecular flexibility index (Phi) is 6.29. The Morgan fingerprint density at radius 2 is 1.97 bits per heavy atom. The number of nitro groups is 1. The lowest BCUT2D eigenvalue weighted by atomic mass is 10.1. The van der Waals surface area contributed by atoms with Crippen LogP contribution in [0.1, 0.15) is 5.82 Å². The number of hydrogen-bond donors (Lipinski definition) is 2. The molecule has 161 valence electrons. The summed E-state index contributed by atoms with van der Waals surface area (Å²) in [5, 5.41) is 14.8. The molecule has 0 saturated carbocycles. The van der Waals surface area contributed by atoms with Gasteiger partial charge in [-0.25, -0.2) is 19.9 Å². The summed E-state index contributed by atoms with van der Waals surface area (Å²) in [6.45, 7) is 4.06. The number of aromatic amines is 1. The van der Waals surface area contributed by atoms with Gasteiger partial charge in [-0.05, 0) is 31.2 Å². The maximum Gasteiger partial charge on any atom is 0.287 e. The molecule has 1 unspecified atom stereocenters. The van der Waals surface area contributed by atoms with E-state index in [2.05, 4.69) is 32.2 Å². The average Bonchev–Trinajstić information content (AvgIpc) is 3.29. The van der Waals surface area contributed by atoms with Gasteiger partial charge in [0.25, 0.3) is 5.69 Å². The highest BCUT2D eigenvalue weighted by Crippen LogP contribution is 2.34. The van der Waals surface area contributed by atoms with Gasteiger partial charge in [0.2, 0.25) is 0 Å². The van der Waals surface area contributed by atoms with Crippen molar-refractivity contribution in [2.45, 2.75) is 12.5 Å². The Labute approximate surface area is 193 Å². The summed E-state index contributed by atoms with van der Waals surface area (Å²) < 4.78 is 0.